The zero-order chi connectivity index (χ0) is 8.97. The summed E-state index contributed by atoms with van der Waals surface area (Å²) in [7, 11) is 0. The SMILES string of the molecule is CC(O)C(C)Nc1ccccn1. The first kappa shape index (κ1) is 9.00. The van der Waals surface area contributed by atoms with Gasteiger partial charge >= 0.3 is 0 Å². The second kappa shape index (κ2) is 4.07. The molecule has 0 aliphatic heterocycles. The molecule has 0 aromatic carbocycles. The van der Waals surface area contributed by atoms with Gasteiger partial charge in [0.1, 0.15) is 5.82 Å². The van der Waals surface area contributed by atoms with Gasteiger partial charge in [0, 0.05) is 6.20 Å². The number of hydrogen-bond acceptors (Lipinski definition) is 3. The molecule has 0 radical (unpaired) electrons. The Morgan fingerprint density at radius 2 is 2.17 bits per heavy atom. The highest BCUT2D eigenvalue weighted by Crippen LogP contribution is 2.04. The van der Waals surface area contributed by atoms with Gasteiger partial charge in [-0.05, 0) is 26.0 Å². The summed E-state index contributed by atoms with van der Waals surface area (Å²) in [6.07, 6.45) is 1.35. The van der Waals surface area contributed by atoms with Gasteiger partial charge in [-0.3, -0.25) is 0 Å². The highest BCUT2D eigenvalue weighted by Gasteiger charge is 2.07. The van der Waals surface area contributed by atoms with Crippen LogP contribution in [-0.2, 0) is 0 Å². The largest absolute Gasteiger partial charge is 0.391 e. The highest BCUT2D eigenvalue weighted by molar-refractivity contribution is 5.34. The van der Waals surface area contributed by atoms with Gasteiger partial charge in [-0.1, -0.05) is 6.07 Å². The van der Waals surface area contributed by atoms with Crippen LogP contribution in [-0.4, -0.2) is 22.2 Å². The zero-order valence-corrected chi connectivity index (χ0v) is 7.36. The van der Waals surface area contributed by atoms with Crippen molar-refractivity contribution < 1.29 is 5.11 Å². The number of aromatic nitrogens is 1. The summed E-state index contributed by atoms with van der Waals surface area (Å²) in [5, 5.41) is 12.3. The molecule has 66 valence electrons. The number of anilines is 1. The molecule has 1 rings (SSSR count). The first-order chi connectivity index (χ1) is 5.70. The number of nitrogens with zero attached hydrogens (tertiary/aromatic N) is 1. The van der Waals surface area contributed by atoms with Gasteiger partial charge in [0.15, 0.2) is 0 Å². The number of aliphatic hydroxyl groups is 1. The van der Waals surface area contributed by atoms with Crippen molar-refractivity contribution in [3.05, 3.63) is 24.4 Å². The predicted molar refractivity (Wildman–Crippen MR) is 49.0 cm³/mol. The van der Waals surface area contributed by atoms with E-state index in [1.807, 2.05) is 25.1 Å². The van der Waals surface area contributed by atoms with Crippen LogP contribution < -0.4 is 5.32 Å². The smallest absolute Gasteiger partial charge is 0.126 e. The molecule has 1 heterocycles. The lowest BCUT2D eigenvalue weighted by Gasteiger charge is -2.16. The quantitative estimate of drug-likeness (QED) is 0.710. The van der Waals surface area contributed by atoms with E-state index in [9.17, 15) is 5.11 Å². The van der Waals surface area contributed by atoms with E-state index in [4.69, 9.17) is 0 Å². The van der Waals surface area contributed by atoms with Gasteiger partial charge in [-0.15, -0.1) is 0 Å². The second-order valence-electron chi connectivity index (χ2n) is 2.89. The predicted octanol–water partition coefficient (Wildman–Crippen LogP) is 1.26. The summed E-state index contributed by atoms with van der Waals surface area (Å²) in [6, 6.07) is 5.67. The molecule has 3 nitrogen and oxygen atoms in total. The number of rotatable bonds is 3. The number of nitrogens with one attached hydrogen (secondary N) is 1. The molecule has 3 heteroatoms. The van der Waals surface area contributed by atoms with Gasteiger partial charge in [-0.25, -0.2) is 4.98 Å². The molecule has 0 aliphatic rings. The first-order valence-corrected chi connectivity index (χ1v) is 4.06. The molecular weight excluding hydrogens is 152 g/mol. The molecule has 0 bridgehead atoms. The van der Waals surface area contributed by atoms with Crippen LogP contribution in [0.1, 0.15) is 13.8 Å². The Morgan fingerprint density at radius 3 is 2.67 bits per heavy atom. The Hall–Kier alpha value is -1.09. The minimum Gasteiger partial charge on any atom is -0.391 e. The topological polar surface area (TPSA) is 45.1 Å². The molecule has 0 aliphatic carbocycles. The number of pyridine rings is 1. The molecule has 2 N–H and O–H groups in total. The Balaban J connectivity index is 2.53. The van der Waals surface area contributed by atoms with Crippen LogP contribution in [0.15, 0.2) is 24.4 Å². The van der Waals surface area contributed by atoms with Crippen LogP contribution in [0.4, 0.5) is 5.82 Å². The molecule has 2 atom stereocenters. The van der Waals surface area contributed by atoms with E-state index in [0.29, 0.717) is 0 Å². The van der Waals surface area contributed by atoms with Crippen molar-refractivity contribution in [1.29, 1.82) is 0 Å². The van der Waals surface area contributed by atoms with Crippen molar-refractivity contribution in [2.24, 2.45) is 0 Å². The monoisotopic (exact) mass is 166 g/mol. The van der Waals surface area contributed by atoms with Gasteiger partial charge in [0.25, 0.3) is 0 Å². The minimum atomic E-state index is -0.369. The summed E-state index contributed by atoms with van der Waals surface area (Å²) >= 11 is 0. The lowest BCUT2D eigenvalue weighted by atomic mass is 10.2. The standard InChI is InChI=1S/C9H14N2O/c1-7(8(2)12)11-9-5-3-4-6-10-9/h3-8,12H,1-2H3,(H,10,11). The summed E-state index contributed by atoms with van der Waals surface area (Å²) < 4.78 is 0. The van der Waals surface area contributed by atoms with Gasteiger partial charge in [-0.2, -0.15) is 0 Å². The van der Waals surface area contributed by atoms with Crippen molar-refractivity contribution in [1.82, 2.24) is 4.98 Å². The maximum Gasteiger partial charge on any atom is 0.126 e. The van der Waals surface area contributed by atoms with Crippen molar-refractivity contribution in [2.45, 2.75) is 26.0 Å². The molecule has 0 saturated carbocycles. The van der Waals surface area contributed by atoms with Crippen LogP contribution >= 0.6 is 0 Å². The first-order valence-electron chi connectivity index (χ1n) is 4.06. The Morgan fingerprint density at radius 1 is 1.42 bits per heavy atom. The summed E-state index contributed by atoms with van der Waals surface area (Å²) in [5.41, 5.74) is 0. The fourth-order valence-corrected chi connectivity index (χ4v) is 0.802. The van der Waals surface area contributed by atoms with E-state index in [2.05, 4.69) is 10.3 Å². The molecule has 2 unspecified atom stereocenters. The van der Waals surface area contributed by atoms with Crippen LogP contribution in [0.25, 0.3) is 0 Å². The molecule has 0 amide bonds. The molecule has 0 fully saturated rings. The zero-order valence-electron chi connectivity index (χ0n) is 7.36. The van der Waals surface area contributed by atoms with Gasteiger partial charge in [0.05, 0.1) is 12.1 Å². The van der Waals surface area contributed by atoms with Crippen molar-refractivity contribution in [3.63, 3.8) is 0 Å². The average molecular weight is 166 g/mol. The normalized spacial score (nSPS) is 15.2. The average Bonchev–Trinajstić information content (AvgIpc) is 2.06. The molecule has 12 heavy (non-hydrogen) atoms. The molecule has 1 aromatic rings. The fourth-order valence-electron chi connectivity index (χ4n) is 0.802. The van der Waals surface area contributed by atoms with Crippen molar-refractivity contribution in [2.75, 3.05) is 5.32 Å². The molecule has 1 aromatic heterocycles. The van der Waals surface area contributed by atoms with E-state index in [1.165, 1.54) is 0 Å². The van der Waals surface area contributed by atoms with Crippen molar-refractivity contribution >= 4 is 5.82 Å². The van der Waals surface area contributed by atoms with Gasteiger partial charge in [0.2, 0.25) is 0 Å². The molecule has 0 spiro atoms. The van der Waals surface area contributed by atoms with E-state index in [1.54, 1.807) is 13.1 Å². The molecular formula is C9H14N2O. The van der Waals surface area contributed by atoms with Crippen LogP contribution in [0.5, 0.6) is 0 Å². The van der Waals surface area contributed by atoms with E-state index < -0.39 is 0 Å². The maximum absolute atomic E-state index is 9.19. The van der Waals surface area contributed by atoms with Crippen LogP contribution in [0, 0.1) is 0 Å². The second-order valence-corrected chi connectivity index (χ2v) is 2.89. The van der Waals surface area contributed by atoms with E-state index >= 15 is 0 Å². The Kier molecular flexibility index (Phi) is 3.05. The number of aliphatic hydroxyl groups excluding tert-OH is 1. The maximum atomic E-state index is 9.19. The highest BCUT2D eigenvalue weighted by atomic mass is 16.3. The summed E-state index contributed by atoms with van der Waals surface area (Å²) in [5.74, 6) is 0.797. The van der Waals surface area contributed by atoms with Gasteiger partial charge < -0.3 is 10.4 Å². The van der Waals surface area contributed by atoms with E-state index in [-0.39, 0.29) is 12.1 Å². The lowest BCUT2D eigenvalue weighted by Crippen LogP contribution is -2.28. The Labute approximate surface area is 72.5 Å². The fraction of sp³-hybridized carbons (Fsp3) is 0.444. The minimum absolute atomic E-state index is 0.0277. The third-order valence-electron chi connectivity index (χ3n) is 1.76. The third kappa shape index (κ3) is 2.51. The Bertz CT molecular complexity index is 223. The lowest BCUT2D eigenvalue weighted by molar-refractivity contribution is 0.177. The summed E-state index contributed by atoms with van der Waals surface area (Å²) in [6.45, 7) is 3.67. The summed E-state index contributed by atoms with van der Waals surface area (Å²) in [4.78, 5) is 4.08. The van der Waals surface area contributed by atoms with E-state index in [0.717, 1.165) is 5.82 Å². The third-order valence-corrected chi connectivity index (χ3v) is 1.76. The number of hydrogen-bond donors (Lipinski definition) is 2. The molecule has 0 saturated heterocycles. The van der Waals surface area contributed by atoms with Crippen LogP contribution in [0.3, 0.4) is 0 Å². The van der Waals surface area contributed by atoms with Crippen molar-refractivity contribution in [3.8, 4) is 0 Å². The van der Waals surface area contributed by atoms with Crippen LogP contribution in [0.2, 0.25) is 0 Å².